The Morgan fingerprint density at radius 2 is 1.80 bits per heavy atom. The van der Waals surface area contributed by atoms with Gasteiger partial charge < -0.3 is 14.5 Å². The minimum absolute atomic E-state index is 0.0185. The normalized spacial score (nSPS) is 11.4. The topological polar surface area (TPSA) is 97.6 Å². The summed E-state index contributed by atoms with van der Waals surface area (Å²) in [6.07, 6.45) is 2.75. The highest BCUT2D eigenvalue weighted by Crippen LogP contribution is 2.27. The number of methoxy groups -OCH3 is 1. The highest BCUT2D eigenvalue weighted by molar-refractivity contribution is 9.10. The molecule has 3 aromatic rings. The molecule has 2 N–H and O–H groups in total. The molecule has 0 unspecified atom stereocenters. The van der Waals surface area contributed by atoms with Crippen molar-refractivity contribution in [2.75, 3.05) is 17.1 Å². The van der Waals surface area contributed by atoms with E-state index in [2.05, 4.69) is 26.0 Å². The third-order valence-corrected chi connectivity index (χ3v) is 6.11. The molecule has 0 aliphatic rings. The summed E-state index contributed by atoms with van der Waals surface area (Å²) >= 11 is 9.27. The van der Waals surface area contributed by atoms with Gasteiger partial charge in [0.05, 0.1) is 12.1 Å². The van der Waals surface area contributed by atoms with E-state index >= 15 is 0 Å². The standard InChI is InChI=1S/C20H16BrClN2O5S/c1-28-15-5-2-13(3-6-15)24-30(26,27)18-12-14(4-9-17(18)22)23-20(25)11-8-16-7-10-19(21)29-16/h2-12,24H,1H3,(H,23,25)/b11-8+. The fourth-order valence-corrected chi connectivity index (χ4v) is 4.32. The van der Waals surface area contributed by atoms with Gasteiger partial charge >= 0.3 is 0 Å². The van der Waals surface area contributed by atoms with Crippen molar-refractivity contribution >= 4 is 60.9 Å². The average Bonchev–Trinajstić information content (AvgIpc) is 3.13. The van der Waals surface area contributed by atoms with Crippen molar-refractivity contribution in [2.45, 2.75) is 4.90 Å². The lowest BCUT2D eigenvalue weighted by Crippen LogP contribution is -2.14. The Labute approximate surface area is 186 Å². The summed E-state index contributed by atoms with van der Waals surface area (Å²) < 4.78 is 38.8. The van der Waals surface area contributed by atoms with Gasteiger partial charge in [0.15, 0.2) is 4.67 Å². The van der Waals surface area contributed by atoms with Gasteiger partial charge in [0.2, 0.25) is 5.91 Å². The van der Waals surface area contributed by atoms with Crippen molar-refractivity contribution in [2.24, 2.45) is 0 Å². The first-order chi connectivity index (χ1) is 14.3. The number of rotatable bonds is 7. The van der Waals surface area contributed by atoms with Crippen LogP contribution in [0.5, 0.6) is 5.75 Å². The van der Waals surface area contributed by atoms with Crippen LogP contribution in [0.3, 0.4) is 0 Å². The van der Waals surface area contributed by atoms with Crippen LogP contribution in [0.2, 0.25) is 5.02 Å². The number of hydrogen-bond acceptors (Lipinski definition) is 5. The van der Waals surface area contributed by atoms with Crippen LogP contribution in [0, 0.1) is 0 Å². The molecule has 0 saturated heterocycles. The molecular formula is C20H16BrClN2O5S. The molecule has 156 valence electrons. The molecule has 0 spiro atoms. The summed E-state index contributed by atoms with van der Waals surface area (Å²) in [5.74, 6) is 0.618. The number of sulfonamides is 1. The Hall–Kier alpha value is -2.75. The number of hydrogen-bond donors (Lipinski definition) is 2. The minimum atomic E-state index is -3.99. The molecule has 0 aliphatic heterocycles. The molecule has 0 saturated carbocycles. The maximum absolute atomic E-state index is 12.8. The molecule has 0 fully saturated rings. The fourth-order valence-electron chi connectivity index (χ4n) is 2.42. The minimum Gasteiger partial charge on any atom is -0.497 e. The first-order valence-electron chi connectivity index (χ1n) is 8.48. The maximum atomic E-state index is 12.8. The van der Waals surface area contributed by atoms with Gasteiger partial charge in [0.1, 0.15) is 16.4 Å². The van der Waals surface area contributed by atoms with Gasteiger partial charge in [-0.1, -0.05) is 11.6 Å². The quantitative estimate of drug-likeness (QED) is 0.427. The van der Waals surface area contributed by atoms with Gasteiger partial charge in [-0.2, -0.15) is 0 Å². The largest absolute Gasteiger partial charge is 0.497 e. The summed E-state index contributed by atoms with van der Waals surface area (Å²) in [6.45, 7) is 0. The third kappa shape index (κ3) is 5.65. The Morgan fingerprint density at radius 1 is 1.10 bits per heavy atom. The van der Waals surface area contributed by atoms with Gasteiger partial charge in [0, 0.05) is 17.5 Å². The number of carbonyl (C=O) groups is 1. The summed E-state index contributed by atoms with van der Waals surface area (Å²) in [6, 6.07) is 13.9. The number of benzene rings is 2. The van der Waals surface area contributed by atoms with Gasteiger partial charge in [0.25, 0.3) is 10.0 Å². The summed E-state index contributed by atoms with van der Waals surface area (Å²) in [4.78, 5) is 12.0. The van der Waals surface area contributed by atoms with Gasteiger partial charge in [-0.05, 0) is 76.6 Å². The second-order valence-electron chi connectivity index (χ2n) is 5.94. The maximum Gasteiger partial charge on any atom is 0.263 e. The molecular weight excluding hydrogens is 496 g/mol. The van der Waals surface area contributed by atoms with Crippen LogP contribution in [0.4, 0.5) is 11.4 Å². The number of ether oxygens (including phenoxy) is 1. The molecule has 0 bridgehead atoms. The van der Waals surface area contributed by atoms with E-state index in [9.17, 15) is 13.2 Å². The Bertz CT molecular complexity index is 1190. The SMILES string of the molecule is COc1ccc(NS(=O)(=O)c2cc(NC(=O)/C=C/c3ccc(Br)o3)ccc2Cl)cc1. The van der Waals surface area contributed by atoms with E-state index in [1.165, 1.54) is 37.5 Å². The molecule has 3 rings (SSSR count). The van der Waals surface area contributed by atoms with Crippen LogP contribution < -0.4 is 14.8 Å². The van der Waals surface area contributed by atoms with E-state index in [0.29, 0.717) is 21.9 Å². The molecule has 0 atom stereocenters. The molecule has 2 aromatic carbocycles. The van der Waals surface area contributed by atoms with Crippen molar-refractivity contribution in [1.29, 1.82) is 0 Å². The molecule has 7 nitrogen and oxygen atoms in total. The number of carbonyl (C=O) groups excluding carboxylic acids is 1. The predicted octanol–water partition coefficient (Wildman–Crippen LogP) is 5.16. The van der Waals surface area contributed by atoms with Crippen LogP contribution in [-0.2, 0) is 14.8 Å². The van der Waals surface area contributed by atoms with Crippen LogP contribution in [-0.4, -0.2) is 21.4 Å². The number of furan rings is 1. The van der Waals surface area contributed by atoms with Gasteiger partial charge in [-0.25, -0.2) is 8.42 Å². The predicted molar refractivity (Wildman–Crippen MR) is 119 cm³/mol. The zero-order valence-corrected chi connectivity index (χ0v) is 18.7. The van der Waals surface area contributed by atoms with Crippen molar-refractivity contribution in [3.63, 3.8) is 0 Å². The molecule has 10 heteroatoms. The second-order valence-corrected chi connectivity index (χ2v) is 8.78. The van der Waals surface area contributed by atoms with Crippen molar-refractivity contribution in [1.82, 2.24) is 0 Å². The number of nitrogens with one attached hydrogen (secondary N) is 2. The third-order valence-electron chi connectivity index (χ3n) is 3.82. The van der Waals surface area contributed by atoms with E-state index in [1.54, 1.807) is 36.4 Å². The van der Waals surface area contributed by atoms with E-state index in [1.807, 2.05) is 0 Å². The molecule has 1 aromatic heterocycles. The number of halogens is 2. The molecule has 1 amide bonds. The second kappa shape index (κ2) is 9.38. The molecule has 0 radical (unpaired) electrons. The number of amides is 1. The highest BCUT2D eigenvalue weighted by atomic mass is 79.9. The lowest BCUT2D eigenvalue weighted by molar-refractivity contribution is -0.111. The van der Waals surface area contributed by atoms with Gasteiger partial charge in [-0.3, -0.25) is 9.52 Å². The van der Waals surface area contributed by atoms with Crippen LogP contribution in [0.25, 0.3) is 6.08 Å². The summed E-state index contributed by atoms with van der Waals surface area (Å²) in [5, 5.41) is 2.61. The van der Waals surface area contributed by atoms with Gasteiger partial charge in [-0.15, -0.1) is 0 Å². The zero-order chi connectivity index (χ0) is 21.7. The Morgan fingerprint density at radius 3 is 2.43 bits per heavy atom. The van der Waals surface area contributed by atoms with Crippen molar-refractivity contribution in [3.05, 3.63) is 76.1 Å². The van der Waals surface area contributed by atoms with E-state index in [0.717, 1.165) is 0 Å². The number of anilines is 2. The van der Waals surface area contributed by atoms with E-state index < -0.39 is 15.9 Å². The molecule has 1 heterocycles. The molecule has 30 heavy (non-hydrogen) atoms. The van der Waals surface area contributed by atoms with E-state index in [-0.39, 0.29) is 15.6 Å². The van der Waals surface area contributed by atoms with Crippen LogP contribution >= 0.6 is 27.5 Å². The summed E-state index contributed by atoms with van der Waals surface area (Å²) in [5.41, 5.74) is 0.610. The summed E-state index contributed by atoms with van der Waals surface area (Å²) in [7, 11) is -2.47. The monoisotopic (exact) mass is 510 g/mol. The Kier molecular flexibility index (Phi) is 6.86. The first kappa shape index (κ1) is 21.9. The average molecular weight is 512 g/mol. The fraction of sp³-hybridized carbons (Fsp3) is 0.0500. The Balaban J connectivity index is 1.76. The molecule has 0 aliphatic carbocycles. The highest BCUT2D eigenvalue weighted by Gasteiger charge is 2.19. The zero-order valence-electron chi connectivity index (χ0n) is 15.6. The van der Waals surface area contributed by atoms with Crippen LogP contribution in [0.15, 0.2) is 74.7 Å². The van der Waals surface area contributed by atoms with Crippen LogP contribution in [0.1, 0.15) is 5.76 Å². The smallest absolute Gasteiger partial charge is 0.263 e. The lowest BCUT2D eigenvalue weighted by Gasteiger charge is -2.12. The first-order valence-corrected chi connectivity index (χ1v) is 11.1. The van der Waals surface area contributed by atoms with E-state index in [4.69, 9.17) is 20.8 Å². The van der Waals surface area contributed by atoms with Crippen molar-refractivity contribution in [3.8, 4) is 5.75 Å². The van der Waals surface area contributed by atoms with Crippen molar-refractivity contribution < 1.29 is 22.4 Å². The lowest BCUT2D eigenvalue weighted by atomic mass is 10.3.